The van der Waals surface area contributed by atoms with E-state index in [0.717, 1.165) is 43.9 Å². The van der Waals surface area contributed by atoms with Gasteiger partial charge in [0.25, 0.3) is 0 Å². The average molecular weight is 493 g/mol. The van der Waals surface area contributed by atoms with Crippen LogP contribution in [0.3, 0.4) is 0 Å². The number of hydrogen-bond donors (Lipinski definition) is 3. The van der Waals surface area contributed by atoms with Crippen LogP contribution in [0.2, 0.25) is 0 Å². The number of methoxy groups -OCH3 is 1. The molecule has 6 nitrogen and oxygen atoms in total. The minimum atomic E-state index is -0.392. The van der Waals surface area contributed by atoms with Crippen LogP contribution in [0, 0.1) is 5.92 Å². The van der Waals surface area contributed by atoms with Gasteiger partial charge in [0.05, 0.1) is 19.8 Å². The van der Waals surface area contributed by atoms with Crippen molar-refractivity contribution in [3.8, 4) is 5.75 Å². The zero-order valence-corrected chi connectivity index (χ0v) is 19.4. The van der Waals surface area contributed by atoms with Crippen molar-refractivity contribution in [3.05, 3.63) is 29.8 Å². The summed E-state index contributed by atoms with van der Waals surface area (Å²) in [5.74, 6) is 1.80. The number of rotatable bonds is 12. The lowest BCUT2D eigenvalue weighted by molar-refractivity contribution is 0.117. The zero-order valence-electron chi connectivity index (χ0n) is 17.0. The number of aliphatic hydroxyl groups is 1. The van der Waals surface area contributed by atoms with Crippen molar-refractivity contribution < 1.29 is 14.6 Å². The number of nitrogens with zero attached hydrogens (tertiary/aromatic N) is 1. The zero-order chi connectivity index (χ0) is 19.2. The fraction of sp³-hybridized carbons (Fsp3) is 0.650. The molecule has 1 rings (SSSR count). The molecule has 3 N–H and O–H groups in total. The first-order valence-corrected chi connectivity index (χ1v) is 9.51. The third-order valence-electron chi connectivity index (χ3n) is 4.32. The fourth-order valence-corrected chi connectivity index (χ4v) is 2.28. The molecule has 0 radical (unpaired) electrons. The van der Waals surface area contributed by atoms with E-state index in [9.17, 15) is 5.11 Å². The quantitative estimate of drug-likeness (QED) is 0.181. The molecule has 2 atom stereocenters. The summed E-state index contributed by atoms with van der Waals surface area (Å²) in [6.45, 7) is 9.40. The highest BCUT2D eigenvalue weighted by atomic mass is 127. The van der Waals surface area contributed by atoms with Gasteiger partial charge in [-0.15, -0.1) is 24.0 Å². The van der Waals surface area contributed by atoms with Gasteiger partial charge in [-0.25, -0.2) is 4.99 Å². The SMILES string of the molecule is CCOCCCNC(=NCc1ccc(OC)cc1)NCC(O)C(C)CC.I. The first kappa shape index (κ1) is 25.9. The van der Waals surface area contributed by atoms with Crippen LogP contribution in [-0.2, 0) is 11.3 Å². The maximum atomic E-state index is 10.2. The second-order valence-electron chi connectivity index (χ2n) is 6.32. The number of aliphatic hydroxyl groups excluding tert-OH is 1. The highest BCUT2D eigenvalue weighted by Crippen LogP contribution is 2.12. The predicted molar refractivity (Wildman–Crippen MR) is 122 cm³/mol. The average Bonchev–Trinajstić information content (AvgIpc) is 2.68. The highest BCUT2D eigenvalue weighted by molar-refractivity contribution is 14.0. The van der Waals surface area contributed by atoms with Gasteiger partial charge in [0, 0.05) is 26.3 Å². The lowest BCUT2D eigenvalue weighted by atomic mass is 10.0. The van der Waals surface area contributed by atoms with Gasteiger partial charge in [-0.2, -0.15) is 0 Å². The van der Waals surface area contributed by atoms with Crippen LogP contribution < -0.4 is 15.4 Å². The normalized spacial score (nSPS) is 13.4. The molecule has 0 heterocycles. The molecule has 7 heteroatoms. The number of halogens is 1. The van der Waals surface area contributed by atoms with Gasteiger partial charge in [-0.1, -0.05) is 32.4 Å². The van der Waals surface area contributed by atoms with Gasteiger partial charge in [0.2, 0.25) is 0 Å². The van der Waals surface area contributed by atoms with Gasteiger partial charge >= 0.3 is 0 Å². The number of hydrogen-bond acceptors (Lipinski definition) is 4. The molecule has 0 spiro atoms. The lowest BCUT2D eigenvalue weighted by Crippen LogP contribution is -2.43. The van der Waals surface area contributed by atoms with Crippen LogP contribution in [0.5, 0.6) is 5.75 Å². The molecule has 2 unspecified atom stereocenters. The van der Waals surface area contributed by atoms with E-state index in [1.165, 1.54) is 0 Å². The van der Waals surface area contributed by atoms with Crippen LogP contribution in [0.1, 0.15) is 39.2 Å². The summed E-state index contributed by atoms with van der Waals surface area (Å²) >= 11 is 0. The van der Waals surface area contributed by atoms with E-state index < -0.39 is 6.10 Å². The molecule has 0 saturated carbocycles. The molecule has 1 aromatic rings. The van der Waals surface area contributed by atoms with Crippen molar-refractivity contribution in [2.75, 3.05) is 33.4 Å². The van der Waals surface area contributed by atoms with Gasteiger partial charge < -0.3 is 25.2 Å². The number of nitrogens with one attached hydrogen (secondary N) is 2. The molecular weight excluding hydrogens is 457 g/mol. The molecule has 0 bridgehead atoms. The van der Waals surface area contributed by atoms with E-state index in [1.54, 1.807) is 7.11 Å². The van der Waals surface area contributed by atoms with Crippen molar-refractivity contribution >= 4 is 29.9 Å². The van der Waals surface area contributed by atoms with Crippen LogP contribution in [0.15, 0.2) is 29.3 Å². The van der Waals surface area contributed by atoms with Crippen LogP contribution in [0.25, 0.3) is 0 Å². The molecule has 27 heavy (non-hydrogen) atoms. The highest BCUT2D eigenvalue weighted by Gasteiger charge is 2.12. The maximum Gasteiger partial charge on any atom is 0.191 e. The number of benzene rings is 1. The van der Waals surface area contributed by atoms with E-state index in [4.69, 9.17) is 9.47 Å². The van der Waals surface area contributed by atoms with E-state index in [0.29, 0.717) is 19.0 Å². The van der Waals surface area contributed by atoms with Gasteiger partial charge in [-0.3, -0.25) is 0 Å². The Labute approximate surface area is 181 Å². The van der Waals surface area contributed by atoms with Crippen molar-refractivity contribution in [1.29, 1.82) is 0 Å². The van der Waals surface area contributed by atoms with Crippen molar-refractivity contribution in [1.82, 2.24) is 10.6 Å². The fourth-order valence-electron chi connectivity index (χ4n) is 2.28. The Morgan fingerprint density at radius 1 is 1.19 bits per heavy atom. The molecule has 0 saturated heterocycles. The molecule has 0 fully saturated rings. The van der Waals surface area contributed by atoms with E-state index >= 15 is 0 Å². The molecule has 0 aliphatic heterocycles. The molecule has 0 aliphatic carbocycles. The summed E-state index contributed by atoms with van der Waals surface area (Å²) in [7, 11) is 1.66. The number of aliphatic imine (C=N–C) groups is 1. The summed E-state index contributed by atoms with van der Waals surface area (Å²) in [5, 5.41) is 16.7. The largest absolute Gasteiger partial charge is 0.497 e. The maximum absolute atomic E-state index is 10.2. The van der Waals surface area contributed by atoms with Crippen molar-refractivity contribution in [3.63, 3.8) is 0 Å². The topological polar surface area (TPSA) is 75.1 Å². The second kappa shape index (κ2) is 15.9. The third-order valence-corrected chi connectivity index (χ3v) is 4.32. The predicted octanol–water partition coefficient (Wildman–Crippen LogP) is 3.18. The molecule has 156 valence electrons. The van der Waals surface area contributed by atoms with Gasteiger partial charge in [0.1, 0.15) is 5.75 Å². The van der Waals surface area contributed by atoms with E-state index in [2.05, 4.69) is 29.5 Å². The van der Waals surface area contributed by atoms with Gasteiger partial charge in [0.15, 0.2) is 5.96 Å². The second-order valence-corrected chi connectivity index (χ2v) is 6.32. The first-order chi connectivity index (χ1) is 12.6. The molecule has 0 aliphatic rings. The summed E-state index contributed by atoms with van der Waals surface area (Å²) < 4.78 is 10.5. The van der Waals surface area contributed by atoms with Crippen molar-refractivity contribution in [2.45, 2.75) is 46.3 Å². The van der Waals surface area contributed by atoms with Gasteiger partial charge in [-0.05, 0) is 37.0 Å². The van der Waals surface area contributed by atoms with E-state index in [-0.39, 0.29) is 29.9 Å². The minimum absolute atomic E-state index is 0. The number of ether oxygens (including phenoxy) is 2. The molecule has 0 amide bonds. The third kappa shape index (κ3) is 11.4. The Balaban J connectivity index is 0.00000676. The van der Waals surface area contributed by atoms with E-state index in [1.807, 2.05) is 31.2 Å². The first-order valence-electron chi connectivity index (χ1n) is 9.51. The Kier molecular flexibility index (Phi) is 15.3. The smallest absolute Gasteiger partial charge is 0.191 e. The van der Waals surface area contributed by atoms with Crippen molar-refractivity contribution in [2.24, 2.45) is 10.9 Å². The Hall–Kier alpha value is -1.06. The summed E-state index contributed by atoms with van der Waals surface area (Å²) in [6, 6.07) is 7.87. The van der Waals surface area contributed by atoms with Crippen LogP contribution >= 0.6 is 24.0 Å². The Morgan fingerprint density at radius 2 is 1.89 bits per heavy atom. The summed E-state index contributed by atoms with van der Waals surface area (Å²) in [4.78, 5) is 4.63. The Bertz CT molecular complexity index is 512. The molecule has 1 aromatic carbocycles. The number of guanidine groups is 1. The lowest BCUT2D eigenvalue weighted by Gasteiger charge is -2.19. The summed E-state index contributed by atoms with van der Waals surface area (Å²) in [5.41, 5.74) is 1.10. The van der Waals surface area contributed by atoms with Crippen LogP contribution in [-0.4, -0.2) is 50.6 Å². The molecule has 0 aromatic heterocycles. The minimum Gasteiger partial charge on any atom is -0.497 e. The Morgan fingerprint density at radius 3 is 2.48 bits per heavy atom. The monoisotopic (exact) mass is 493 g/mol. The van der Waals surface area contributed by atoms with Crippen LogP contribution in [0.4, 0.5) is 0 Å². The summed E-state index contributed by atoms with van der Waals surface area (Å²) in [6.07, 6.45) is 1.46. The molecular formula is C20H36IN3O3. The standard InChI is InChI=1S/C20H35N3O3.HI/c1-5-16(3)19(24)15-23-20(21-12-7-13-26-6-2)22-14-17-8-10-18(25-4)11-9-17;/h8-11,16,19,24H,5-7,12-15H2,1-4H3,(H2,21,22,23);1H.